The predicted octanol–water partition coefficient (Wildman–Crippen LogP) is 1.23. The van der Waals surface area contributed by atoms with E-state index in [4.69, 9.17) is 4.55 Å². The largest absolute Gasteiger partial charge is 0.573 e. The van der Waals surface area contributed by atoms with Crippen molar-refractivity contribution in [2.24, 2.45) is 0 Å². The average molecular weight is 243 g/mol. The number of aromatic nitrogens is 1. The van der Waals surface area contributed by atoms with Crippen LogP contribution in [0.5, 0.6) is 5.75 Å². The van der Waals surface area contributed by atoms with E-state index in [1.165, 1.54) is 0 Å². The van der Waals surface area contributed by atoms with Crippen LogP contribution in [0.15, 0.2) is 23.4 Å². The summed E-state index contributed by atoms with van der Waals surface area (Å²) in [6.07, 6.45) is -4.34. The van der Waals surface area contributed by atoms with Gasteiger partial charge in [0.25, 0.3) is 0 Å². The van der Waals surface area contributed by atoms with Gasteiger partial charge in [-0.2, -0.15) is 8.42 Å². The van der Waals surface area contributed by atoms with Gasteiger partial charge in [-0.25, -0.2) is 4.98 Å². The van der Waals surface area contributed by atoms with Crippen LogP contribution in [0.4, 0.5) is 13.2 Å². The summed E-state index contributed by atoms with van der Waals surface area (Å²) in [5.41, 5.74) is 0. The summed E-state index contributed by atoms with van der Waals surface area (Å²) in [5, 5.41) is -0.753. The highest BCUT2D eigenvalue weighted by molar-refractivity contribution is 7.85. The third-order valence-corrected chi connectivity index (χ3v) is 1.98. The standard InChI is InChI=1S/C6H4F3NO4S/c7-6(8,9)14-4-1-2-5(10-3-4)15(11,12)13/h1-3H,(H,11,12,13). The number of alkyl halides is 3. The second-order valence-corrected chi connectivity index (χ2v) is 3.72. The monoisotopic (exact) mass is 243 g/mol. The summed E-state index contributed by atoms with van der Waals surface area (Å²) >= 11 is 0. The Labute approximate surface area is 82.3 Å². The maximum absolute atomic E-state index is 11.7. The van der Waals surface area contributed by atoms with Gasteiger partial charge in [0.15, 0.2) is 5.03 Å². The third kappa shape index (κ3) is 3.72. The minimum absolute atomic E-state index is 0.538. The van der Waals surface area contributed by atoms with Crippen molar-refractivity contribution < 1.29 is 30.9 Å². The van der Waals surface area contributed by atoms with Crippen LogP contribution in [0.25, 0.3) is 0 Å². The molecule has 0 saturated heterocycles. The third-order valence-electron chi connectivity index (χ3n) is 1.21. The second-order valence-electron chi connectivity index (χ2n) is 2.36. The number of halogens is 3. The van der Waals surface area contributed by atoms with Crippen LogP contribution in [0, 0.1) is 0 Å². The summed E-state index contributed by atoms with van der Waals surface area (Å²) < 4.78 is 67.8. The van der Waals surface area contributed by atoms with E-state index in [0.29, 0.717) is 12.3 Å². The van der Waals surface area contributed by atoms with E-state index in [2.05, 4.69) is 9.72 Å². The Balaban J connectivity index is 2.92. The first-order valence-electron chi connectivity index (χ1n) is 3.38. The van der Waals surface area contributed by atoms with Gasteiger partial charge >= 0.3 is 16.5 Å². The molecule has 9 heteroatoms. The molecule has 0 unspecified atom stereocenters. The topological polar surface area (TPSA) is 76.5 Å². The molecule has 1 heterocycles. The van der Waals surface area contributed by atoms with Gasteiger partial charge < -0.3 is 4.74 Å². The minimum Gasteiger partial charge on any atom is -0.404 e. The van der Waals surface area contributed by atoms with E-state index in [-0.39, 0.29) is 0 Å². The van der Waals surface area contributed by atoms with Crippen molar-refractivity contribution in [2.75, 3.05) is 0 Å². The van der Waals surface area contributed by atoms with Crippen molar-refractivity contribution in [1.29, 1.82) is 0 Å². The Kier molecular flexibility index (Phi) is 2.86. The fourth-order valence-corrected chi connectivity index (χ4v) is 1.14. The first kappa shape index (κ1) is 11.7. The lowest BCUT2D eigenvalue weighted by Gasteiger charge is -2.07. The van der Waals surface area contributed by atoms with Gasteiger partial charge in [0.1, 0.15) is 5.75 Å². The number of nitrogens with zero attached hydrogens (tertiary/aromatic N) is 1. The summed E-state index contributed by atoms with van der Waals surface area (Å²) in [6, 6.07) is 1.42. The molecule has 0 aliphatic rings. The lowest BCUT2D eigenvalue weighted by atomic mass is 10.5. The van der Waals surface area contributed by atoms with Gasteiger partial charge in [0.05, 0.1) is 6.20 Å². The van der Waals surface area contributed by atoms with Crippen molar-refractivity contribution in [2.45, 2.75) is 11.4 Å². The molecule has 1 rings (SSSR count). The van der Waals surface area contributed by atoms with Crippen LogP contribution in [0.3, 0.4) is 0 Å². The molecule has 0 radical (unpaired) electrons. The van der Waals surface area contributed by atoms with Crippen molar-refractivity contribution in [3.63, 3.8) is 0 Å². The quantitative estimate of drug-likeness (QED) is 0.790. The van der Waals surface area contributed by atoms with Crippen LogP contribution in [0.1, 0.15) is 0 Å². The molecule has 1 aromatic rings. The molecule has 1 aromatic heterocycles. The lowest BCUT2D eigenvalue weighted by molar-refractivity contribution is -0.274. The van der Waals surface area contributed by atoms with Gasteiger partial charge in [-0.1, -0.05) is 0 Å². The average Bonchev–Trinajstić information content (AvgIpc) is 2.00. The molecule has 0 aliphatic carbocycles. The van der Waals surface area contributed by atoms with Crippen LogP contribution in [0.2, 0.25) is 0 Å². The number of hydrogen-bond acceptors (Lipinski definition) is 4. The molecule has 5 nitrogen and oxygen atoms in total. The molecular weight excluding hydrogens is 239 g/mol. The summed E-state index contributed by atoms with van der Waals surface area (Å²) in [4.78, 5) is 3.07. The summed E-state index contributed by atoms with van der Waals surface area (Å²) in [7, 11) is -4.51. The Morgan fingerprint density at radius 1 is 1.33 bits per heavy atom. The number of rotatable bonds is 2. The van der Waals surface area contributed by atoms with E-state index in [9.17, 15) is 21.6 Å². The van der Waals surface area contributed by atoms with Gasteiger partial charge in [0.2, 0.25) is 0 Å². The molecule has 0 bridgehead atoms. The SMILES string of the molecule is O=S(=O)(O)c1ccc(OC(F)(F)F)cn1. The second kappa shape index (κ2) is 3.66. The predicted molar refractivity (Wildman–Crippen MR) is 40.7 cm³/mol. The number of ether oxygens (including phenoxy) is 1. The maximum atomic E-state index is 11.7. The molecule has 15 heavy (non-hydrogen) atoms. The highest BCUT2D eigenvalue weighted by Gasteiger charge is 2.31. The van der Waals surface area contributed by atoms with Crippen molar-refractivity contribution in [3.05, 3.63) is 18.3 Å². The molecule has 0 aromatic carbocycles. The first-order chi connectivity index (χ1) is 6.68. The van der Waals surface area contributed by atoms with Crippen molar-refractivity contribution in [3.8, 4) is 5.75 Å². The zero-order valence-electron chi connectivity index (χ0n) is 6.89. The van der Waals surface area contributed by atoms with E-state index >= 15 is 0 Å². The molecule has 0 spiro atoms. The smallest absolute Gasteiger partial charge is 0.404 e. The highest BCUT2D eigenvalue weighted by Crippen LogP contribution is 2.22. The zero-order chi connectivity index (χ0) is 11.7. The molecule has 1 N–H and O–H groups in total. The molecule has 0 aliphatic heterocycles. The van der Waals surface area contributed by atoms with Gasteiger partial charge in [0, 0.05) is 0 Å². The molecule has 0 amide bonds. The Morgan fingerprint density at radius 3 is 2.27 bits per heavy atom. The highest BCUT2D eigenvalue weighted by atomic mass is 32.2. The lowest BCUT2D eigenvalue weighted by Crippen LogP contribution is -2.17. The molecule has 84 valence electrons. The van der Waals surface area contributed by atoms with E-state index in [1.54, 1.807) is 0 Å². The molecule has 0 saturated carbocycles. The zero-order valence-corrected chi connectivity index (χ0v) is 7.71. The van der Waals surface area contributed by atoms with Crippen LogP contribution >= 0.6 is 0 Å². The summed E-state index contributed by atoms with van der Waals surface area (Å²) in [6.45, 7) is 0. The fraction of sp³-hybridized carbons (Fsp3) is 0.167. The molecular formula is C6H4F3NO4S. The van der Waals surface area contributed by atoms with Crippen molar-refractivity contribution >= 4 is 10.1 Å². The number of hydrogen-bond donors (Lipinski definition) is 1. The first-order valence-corrected chi connectivity index (χ1v) is 4.82. The summed E-state index contributed by atoms with van der Waals surface area (Å²) in [5.74, 6) is -0.671. The molecule has 0 fully saturated rings. The number of pyridine rings is 1. The van der Waals surface area contributed by atoms with E-state index in [0.717, 1.165) is 6.07 Å². The van der Waals surface area contributed by atoms with Crippen LogP contribution in [-0.4, -0.2) is 24.3 Å². The maximum Gasteiger partial charge on any atom is 0.573 e. The van der Waals surface area contributed by atoms with E-state index in [1.807, 2.05) is 0 Å². The fourth-order valence-electron chi connectivity index (χ4n) is 0.713. The van der Waals surface area contributed by atoms with Crippen molar-refractivity contribution in [1.82, 2.24) is 4.98 Å². The van der Waals surface area contributed by atoms with Crippen LogP contribution < -0.4 is 4.74 Å². The van der Waals surface area contributed by atoms with Gasteiger partial charge in [-0.05, 0) is 12.1 Å². The van der Waals surface area contributed by atoms with Gasteiger partial charge in [-0.15, -0.1) is 13.2 Å². The Bertz CT molecular complexity index is 438. The van der Waals surface area contributed by atoms with Gasteiger partial charge in [-0.3, -0.25) is 4.55 Å². The minimum atomic E-state index is -4.87. The van der Waals surface area contributed by atoms with Crippen LogP contribution in [-0.2, 0) is 10.1 Å². The normalized spacial score (nSPS) is 12.5. The molecule has 0 atom stereocenters. The van der Waals surface area contributed by atoms with E-state index < -0.39 is 27.3 Å². The Hall–Kier alpha value is -1.35. The Morgan fingerprint density at radius 2 is 1.93 bits per heavy atom.